The Kier molecular flexibility index (Phi) is 10.7. The van der Waals surface area contributed by atoms with Crippen LogP contribution in [0.3, 0.4) is 0 Å². The van der Waals surface area contributed by atoms with Crippen molar-refractivity contribution in [3.05, 3.63) is 147 Å². The van der Waals surface area contributed by atoms with Gasteiger partial charge in [0.1, 0.15) is 30.4 Å². The van der Waals surface area contributed by atoms with Crippen molar-refractivity contribution < 1.29 is 23.8 Å². The molecule has 1 unspecified atom stereocenters. The van der Waals surface area contributed by atoms with E-state index in [2.05, 4.69) is 16.9 Å². The summed E-state index contributed by atoms with van der Waals surface area (Å²) in [6, 6.07) is 27.0. The Labute approximate surface area is 274 Å². The standard InChI is InChI=1S/C38H39ClN2O5/c1-5-30-24(2)33(37(42)45-22-26-12-8-6-9-13-26)40-35(30)32(28-16-18-29(44-4)19-17-28)36-31(20-21-39)25(3)34(41-36)38(43)46-23-27-14-10-7-11-15-27/h6-19,32,40-41H,5,20-23H2,1-4H3. The van der Waals surface area contributed by atoms with Crippen molar-refractivity contribution in [3.8, 4) is 5.75 Å². The number of carbonyl (C=O) groups excluding carboxylic acids is 2. The number of methoxy groups -OCH3 is 1. The maximum Gasteiger partial charge on any atom is 0.355 e. The van der Waals surface area contributed by atoms with Crippen LogP contribution in [0.1, 0.15) is 84.2 Å². The first-order valence-electron chi connectivity index (χ1n) is 15.4. The van der Waals surface area contributed by atoms with Crippen LogP contribution in [0.2, 0.25) is 0 Å². The highest BCUT2D eigenvalue weighted by Gasteiger charge is 2.32. The van der Waals surface area contributed by atoms with Crippen LogP contribution >= 0.6 is 11.6 Å². The molecule has 0 aliphatic rings. The SMILES string of the molecule is CCc1c(C(c2ccc(OC)cc2)c2[nH]c(C(=O)OCc3ccccc3)c(C)c2CCCl)[nH]c(C(=O)OCc2ccccc2)c1C. The number of halogens is 1. The average Bonchev–Trinajstić information content (AvgIpc) is 3.59. The molecule has 8 heteroatoms. The number of aromatic nitrogens is 2. The molecule has 2 N–H and O–H groups in total. The minimum atomic E-state index is -0.444. The van der Waals surface area contributed by atoms with Gasteiger partial charge >= 0.3 is 11.9 Å². The second-order valence-corrected chi connectivity index (χ2v) is 11.5. The predicted molar refractivity (Wildman–Crippen MR) is 180 cm³/mol. The summed E-state index contributed by atoms with van der Waals surface area (Å²) in [5.41, 5.74) is 8.77. The van der Waals surface area contributed by atoms with Crippen LogP contribution in [0.4, 0.5) is 0 Å². The van der Waals surface area contributed by atoms with Crippen molar-refractivity contribution in [2.45, 2.75) is 52.7 Å². The molecule has 0 saturated heterocycles. The molecule has 0 aliphatic carbocycles. The van der Waals surface area contributed by atoms with Gasteiger partial charge in [0, 0.05) is 17.3 Å². The minimum absolute atomic E-state index is 0.157. The van der Waals surface area contributed by atoms with E-state index in [1.807, 2.05) is 98.8 Å². The van der Waals surface area contributed by atoms with Crippen molar-refractivity contribution in [3.63, 3.8) is 0 Å². The lowest BCUT2D eigenvalue weighted by molar-refractivity contribution is 0.0457. The summed E-state index contributed by atoms with van der Waals surface area (Å²) < 4.78 is 16.9. The topological polar surface area (TPSA) is 93.4 Å². The molecule has 0 aliphatic heterocycles. The predicted octanol–water partition coefficient (Wildman–Crippen LogP) is 8.21. The maximum absolute atomic E-state index is 13.5. The average molecular weight is 639 g/mol. The van der Waals surface area contributed by atoms with Gasteiger partial charge in [-0.1, -0.05) is 79.7 Å². The van der Waals surface area contributed by atoms with Gasteiger partial charge < -0.3 is 24.2 Å². The lowest BCUT2D eigenvalue weighted by Crippen LogP contribution is -2.11. The van der Waals surface area contributed by atoms with Crippen molar-refractivity contribution in [1.82, 2.24) is 9.97 Å². The fraction of sp³-hybridized carbons (Fsp3) is 0.263. The third kappa shape index (κ3) is 7.05. The molecule has 1 atom stereocenters. The first kappa shape index (κ1) is 32.6. The number of nitrogens with one attached hydrogen (secondary N) is 2. The molecule has 2 aromatic heterocycles. The fourth-order valence-electron chi connectivity index (χ4n) is 5.95. The number of hydrogen-bond acceptors (Lipinski definition) is 5. The first-order chi connectivity index (χ1) is 22.4. The molecule has 0 bridgehead atoms. The Morgan fingerprint density at radius 3 is 1.65 bits per heavy atom. The van der Waals surface area contributed by atoms with Crippen LogP contribution in [0, 0.1) is 13.8 Å². The molecule has 3 aromatic carbocycles. The molecule has 0 spiro atoms. The molecule has 0 amide bonds. The van der Waals surface area contributed by atoms with E-state index in [4.69, 9.17) is 25.8 Å². The Morgan fingerprint density at radius 2 is 1.20 bits per heavy atom. The molecular weight excluding hydrogens is 600 g/mol. The van der Waals surface area contributed by atoms with Crippen molar-refractivity contribution in [2.24, 2.45) is 0 Å². The van der Waals surface area contributed by atoms with E-state index in [1.165, 1.54) is 0 Å². The molecule has 7 nitrogen and oxygen atoms in total. The number of benzene rings is 3. The van der Waals surface area contributed by atoms with Crippen molar-refractivity contribution >= 4 is 23.5 Å². The summed E-state index contributed by atoms with van der Waals surface area (Å²) in [6.07, 6.45) is 1.21. The summed E-state index contributed by atoms with van der Waals surface area (Å²) in [4.78, 5) is 33.8. The number of H-pyrrole nitrogens is 2. The second kappa shape index (κ2) is 15.0. The number of ether oxygens (including phenoxy) is 3. The summed E-state index contributed by atoms with van der Waals surface area (Å²) in [7, 11) is 1.63. The van der Waals surface area contributed by atoms with E-state index in [0.29, 0.717) is 30.1 Å². The Hall–Kier alpha value is -4.75. The molecule has 0 radical (unpaired) electrons. The highest BCUT2D eigenvalue weighted by atomic mass is 35.5. The zero-order valence-corrected chi connectivity index (χ0v) is 27.4. The lowest BCUT2D eigenvalue weighted by Gasteiger charge is -2.20. The highest BCUT2D eigenvalue weighted by Crippen LogP contribution is 2.39. The number of rotatable bonds is 13. The smallest absolute Gasteiger partial charge is 0.355 e. The summed E-state index contributed by atoms with van der Waals surface area (Å²) >= 11 is 6.35. The normalized spacial score (nSPS) is 11.7. The molecule has 2 heterocycles. The van der Waals surface area contributed by atoms with Crippen molar-refractivity contribution in [1.29, 1.82) is 0 Å². The van der Waals surface area contributed by atoms with E-state index < -0.39 is 11.9 Å². The van der Waals surface area contributed by atoms with Gasteiger partial charge in [-0.3, -0.25) is 0 Å². The molecule has 5 rings (SSSR count). The molecule has 46 heavy (non-hydrogen) atoms. The fourth-order valence-corrected chi connectivity index (χ4v) is 6.14. The molecule has 0 saturated carbocycles. The van der Waals surface area contributed by atoms with E-state index in [9.17, 15) is 9.59 Å². The van der Waals surface area contributed by atoms with E-state index in [1.54, 1.807) is 7.11 Å². The first-order valence-corrected chi connectivity index (χ1v) is 15.9. The van der Waals surface area contributed by atoms with Gasteiger partial charge in [-0.05, 0) is 77.8 Å². The van der Waals surface area contributed by atoms with E-state index in [-0.39, 0.29) is 19.1 Å². The van der Waals surface area contributed by atoms with Crippen LogP contribution in [0.15, 0.2) is 84.9 Å². The number of carbonyl (C=O) groups is 2. The van der Waals surface area contributed by atoms with Gasteiger partial charge in [0.2, 0.25) is 0 Å². The number of aromatic amines is 2. The van der Waals surface area contributed by atoms with Crippen LogP contribution in [-0.4, -0.2) is 34.9 Å². The number of esters is 2. The highest BCUT2D eigenvalue weighted by molar-refractivity contribution is 6.18. The Morgan fingerprint density at radius 1 is 0.717 bits per heavy atom. The van der Waals surface area contributed by atoms with Crippen molar-refractivity contribution in [2.75, 3.05) is 13.0 Å². The largest absolute Gasteiger partial charge is 0.497 e. The molecule has 238 valence electrons. The summed E-state index contributed by atoms with van der Waals surface area (Å²) in [6.45, 7) is 6.25. The van der Waals surface area contributed by atoms with Gasteiger partial charge in [-0.15, -0.1) is 11.6 Å². The third-order valence-corrected chi connectivity index (χ3v) is 8.57. The number of alkyl halides is 1. The zero-order valence-electron chi connectivity index (χ0n) is 26.6. The summed E-state index contributed by atoms with van der Waals surface area (Å²) in [5, 5.41) is 0. The van der Waals surface area contributed by atoms with E-state index >= 15 is 0 Å². The van der Waals surface area contributed by atoms with Crippen LogP contribution < -0.4 is 4.74 Å². The van der Waals surface area contributed by atoms with Crippen LogP contribution in [0.5, 0.6) is 5.75 Å². The van der Waals surface area contributed by atoms with Crippen LogP contribution in [0.25, 0.3) is 0 Å². The molecule has 5 aromatic rings. The zero-order chi connectivity index (χ0) is 32.6. The second-order valence-electron chi connectivity index (χ2n) is 11.2. The van der Waals surface area contributed by atoms with Gasteiger partial charge in [0.05, 0.1) is 13.0 Å². The molecule has 0 fully saturated rings. The van der Waals surface area contributed by atoms with Gasteiger partial charge in [0.25, 0.3) is 0 Å². The quantitative estimate of drug-likeness (QED) is 0.100. The van der Waals surface area contributed by atoms with E-state index in [0.717, 1.165) is 56.1 Å². The molecular formula is C38H39ClN2O5. The lowest BCUT2D eigenvalue weighted by atomic mass is 9.86. The monoisotopic (exact) mass is 638 g/mol. The van der Waals surface area contributed by atoms with Crippen LogP contribution in [-0.2, 0) is 35.5 Å². The maximum atomic E-state index is 13.5. The van der Waals surface area contributed by atoms with Gasteiger partial charge in [-0.2, -0.15) is 0 Å². The third-order valence-electron chi connectivity index (χ3n) is 8.38. The minimum Gasteiger partial charge on any atom is -0.497 e. The Balaban J connectivity index is 1.58. The van der Waals surface area contributed by atoms with Gasteiger partial charge in [0.15, 0.2) is 0 Å². The summed E-state index contributed by atoms with van der Waals surface area (Å²) in [5.74, 6) is -0.172. The Bertz CT molecular complexity index is 1780. The van der Waals surface area contributed by atoms with Gasteiger partial charge in [-0.25, -0.2) is 9.59 Å². The number of hydrogen-bond donors (Lipinski definition) is 2.